The van der Waals surface area contributed by atoms with Gasteiger partial charge in [-0.25, -0.2) is 4.98 Å². The second-order valence-electron chi connectivity index (χ2n) is 6.04. The lowest BCUT2D eigenvalue weighted by atomic mass is 9.95. The topological polar surface area (TPSA) is 28.2 Å². The molecule has 1 N–H and O–H groups in total. The highest BCUT2D eigenvalue weighted by atomic mass is 32.1. The number of nitrogens with one attached hydrogen (secondary N) is 1. The van der Waals surface area contributed by atoms with Gasteiger partial charge in [0.25, 0.3) is 0 Å². The Kier molecular flexibility index (Phi) is 5.64. The molecule has 0 aliphatic heterocycles. The molecule has 0 atom stereocenters. The molecule has 1 aliphatic carbocycles. The molecule has 1 heterocycles. The van der Waals surface area contributed by atoms with Crippen molar-refractivity contribution in [2.24, 2.45) is 5.92 Å². The number of hydrogen-bond donors (Lipinski definition) is 1. The minimum Gasteiger partial charge on any atom is -0.348 e. The molecule has 0 spiro atoms. The van der Waals surface area contributed by atoms with Crippen molar-refractivity contribution in [2.45, 2.75) is 58.5 Å². The Morgan fingerprint density at radius 1 is 1.37 bits per heavy atom. The van der Waals surface area contributed by atoms with Crippen molar-refractivity contribution in [2.75, 3.05) is 18.5 Å². The standard InChI is InChI=1S/C15H27N3S/c1-12(2)9-16-10-14-11-17-15(19-14)18(3)13-7-5-4-6-8-13/h11-13,16H,4-10H2,1-3H3. The summed E-state index contributed by atoms with van der Waals surface area (Å²) >= 11 is 1.84. The van der Waals surface area contributed by atoms with E-state index in [1.54, 1.807) is 0 Å². The molecule has 108 valence electrons. The Morgan fingerprint density at radius 3 is 2.79 bits per heavy atom. The summed E-state index contributed by atoms with van der Waals surface area (Å²) in [4.78, 5) is 8.34. The van der Waals surface area contributed by atoms with E-state index in [1.807, 2.05) is 17.5 Å². The molecule has 2 rings (SSSR count). The van der Waals surface area contributed by atoms with Crippen LogP contribution in [0.5, 0.6) is 0 Å². The Balaban J connectivity index is 1.85. The molecule has 0 radical (unpaired) electrons. The highest BCUT2D eigenvalue weighted by Gasteiger charge is 2.20. The highest BCUT2D eigenvalue weighted by molar-refractivity contribution is 7.15. The summed E-state index contributed by atoms with van der Waals surface area (Å²) < 4.78 is 0. The molecule has 0 aromatic carbocycles. The van der Waals surface area contributed by atoms with E-state index >= 15 is 0 Å². The first kappa shape index (κ1) is 14.8. The molecule has 0 bridgehead atoms. The fourth-order valence-electron chi connectivity index (χ4n) is 2.65. The summed E-state index contributed by atoms with van der Waals surface area (Å²) in [5.41, 5.74) is 0. The summed E-state index contributed by atoms with van der Waals surface area (Å²) in [6.45, 7) is 6.50. The molecule has 1 fully saturated rings. The van der Waals surface area contributed by atoms with E-state index < -0.39 is 0 Å². The van der Waals surface area contributed by atoms with E-state index in [4.69, 9.17) is 0 Å². The van der Waals surface area contributed by atoms with Crippen LogP contribution in [-0.4, -0.2) is 24.6 Å². The van der Waals surface area contributed by atoms with Crippen LogP contribution in [0, 0.1) is 5.92 Å². The lowest BCUT2D eigenvalue weighted by Crippen LogP contribution is -2.33. The zero-order valence-corrected chi connectivity index (χ0v) is 13.3. The molecule has 3 nitrogen and oxygen atoms in total. The van der Waals surface area contributed by atoms with Crippen LogP contribution < -0.4 is 10.2 Å². The van der Waals surface area contributed by atoms with E-state index in [9.17, 15) is 0 Å². The number of thiazole rings is 1. The van der Waals surface area contributed by atoms with Crippen LogP contribution in [0.4, 0.5) is 5.13 Å². The number of rotatable bonds is 6. The molecule has 1 aromatic rings. The second kappa shape index (κ2) is 7.25. The van der Waals surface area contributed by atoms with Crippen LogP contribution in [0.25, 0.3) is 0 Å². The minimum atomic E-state index is 0.705. The van der Waals surface area contributed by atoms with Gasteiger partial charge in [-0.2, -0.15) is 0 Å². The molecule has 19 heavy (non-hydrogen) atoms. The molecule has 0 unspecified atom stereocenters. The van der Waals surface area contributed by atoms with Crippen LogP contribution in [-0.2, 0) is 6.54 Å². The van der Waals surface area contributed by atoms with Crippen LogP contribution in [0.1, 0.15) is 50.8 Å². The zero-order valence-electron chi connectivity index (χ0n) is 12.5. The Bertz CT molecular complexity index is 369. The maximum Gasteiger partial charge on any atom is 0.185 e. The van der Waals surface area contributed by atoms with Crippen molar-refractivity contribution in [3.05, 3.63) is 11.1 Å². The average Bonchev–Trinajstić information content (AvgIpc) is 2.87. The van der Waals surface area contributed by atoms with E-state index in [0.717, 1.165) is 13.1 Å². The van der Waals surface area contributed by atoms with Crippen molar-refractivity contribution in [3.8, 4) is 0 Å². The van der Waals surface area contributed by atoms with Crippen LogP contribution in [0.3, 0.4) is 0 Å². The number of anilines is 1. The quantitative estimate of drug-likeness (QED) is 0.862. The van der Waals surface area contributed by atoms with E-state index in [0.29, 0.717) is 12.0 Å². The van der Waals surface area contributed by atoms with Gasteiger partial charge in [-0.1, -0.05) is 33.1 Å². The van der Waals surface area contributed by atoms with Gasteiger partial charge < -0.3 is 10.2 Å². The van der Waals surface area contributed by atoms with Crippen molar-refractivity contribution < 1.29 is 0 Å². The van der Waals surface area contributed by atoms with Gasteiger partial charge in [-0.3, -0.25) is 0 Å². The third-order valence-corrected chi connectivity index (χ3v) is 4.91. The number of aromatic nitrogens is 1. The molecular weight excluding hydrogens is 254 g/mol. The monoisotopic (exact) mass is 281 g/mol. The fraction of sp³-hybridized carbons (Fsp3) is 0.800. The van der Waals surface area contributed by atoms with Gasteiger partial charge in [0, 0.05) is 30.7 Å². The highest BCUT2D eigenvalue weighted by Crippen LogP contribution is 2.29. The molecule has 1 aromatic heterocycles. The second-order valence-corrected chi connectivity index (χ2v) is 7.13. The Hall–Kier alpha value is -0.610. The first-order valence-electron chi connectivity index (χ1n) is 7.55. The first-order chi connectivity index (χ1) is 9.16. The van der Waals surface area contributed by atoms with E-state index in [2.05, 4.69) is 36.1 Å². The third-order valence-electron chi connectivity index (χ3n) is 3.82. The molecule has 1 saturated carbocycles. The predicted molar refractivity (Wildman–Crippen MR) is 83.9 cm³/mol. The van der Waals surface area contributed by atoms with Gasteiger partial charge in [0.15, 0.2) is 5.13 Å². The molecule has 1 aliphatic rings. The van der Waals surface area contributed by atoms with Gasteiger partial charge in [0.2, 0.25) is 0 Å². The largest absolute Gasteiger partial charge is 0.348 e. The van der Waals surface area contributed by atoms with Gasteiger partial charge >= 0.3 is 0 Å². The smallest absolute Gasteiger partial charge is 0.185 e. The molecular formula is C15H27N3S. The molecule has 0 saturated heterocycles. The first-order valence-corrected chi connectivity index (χ1v) is 8.36. The maximum absolute atomic E-state index is 4.59. The van der Waals surface area contributed by atoms with Crippen LogP contribution in [0.2, 0.25) is 0 Å². The van der Waals surface area contributed by atoms with Crippen molar-refractivity contribution in [1.82, 2.24) is 10.3 Å². The van der Waals surface area contributed by atoms with Gasteiger partial charge in [-0.05, 0) is 25.3 Å². The Morgan fingerprint density at radius 2 is 2.11 bits per heavy atom. The van der Waals surface area contributed by atoms with Gasteiger partial charge in [0.05, 0.1) is 0 Å². The van der Waals surface area contributed by atoms with Crippen molar-refractivity contribution >= 4 is 16.5 Å². The van der Waals surface area contributed by atoms with Crippen LogP contribution in [0.15, 0.2) is 6.20 Å². The number of hydrogen-bond acceptors (Lipinski definition) is 4. The lowest BCUT2D eigenvalue weighted by Gasteiger charge is -2.30. The van der Waals surface area contributed by atoms with Crippen molar-refractivity contribution in [3.63, 3.8) is 0 Å². The maximum atomic E-state index is 4.59. The minimum absolute atomic E-state index is 0.705. The Labute approximate surface area is 121 Å². The normalized spacial score (nSPS) is 17.1. The van der Waals surface area contributed by atoms with E-state index in [-0.39, 0.29) is 0 Å². The molecule has 0 amide bonds. The summed E-state index contributed by atoms with van der Waals surface area (Å²) in [6, 6.07) is 0.705. The van der Waals surface area contributed by atoms with Crippen molar-refractivity contribution in [1.29, 1.82) is 0 Å². The predicted octanol–water partition coefficient (Wildman–Crippen LogP) is 3.66. The van der Waals surface area contributed by atoms with Crippen LogP contribution >= 0.6 is 11.3 Å². The van der Waals surface area contributed by atoms with E-state index in [1.165, 1.54) is 42.1 Å². The van der Waals surface area contributed by atoms with Gasteiger partial charge in [0.1, 0.15) is 0 Å². The SMILES string of the molecule is CC(C)CNCc1cnc(N(C)C2CCCCC2)s1. The lowest BCUT2D eigenvalue weighted by molar-refractivity contribution is 0.427. The number of nitrogens with zero attached hydrogens (tertiary/aromatic N) is 2. The summed E-state index contributed by atoms with van der Waals surface area (Å²) in [5.74, 6) is 0.706. The summed E-state index contributed by atoms with van der Waals surface area (Å²) in [5, 5.41) is 4.67. The average molecular weight is 281 g/mol. The van der Waals surface area contributed by atoms with Gasteiger partial charge in [-0.15, -0.1) is 11.3 Å². The molecule has 4 heteroatoms. The third kappa shape index (κ3) is 4.46. The summed E-state index contributed by atoms with van der Waals surface area (Å²) in [6.07, 6.45) is 8.86. The fourth-order valence-corrected chi connectivity index (χ4v) is 3.56. The zero-order chi connectivity index (χ0) is 13.7. The summed E-state index contributed by atoms with van der Waals surface area (Å²) in [7, 11) is 2.21.